The van der Waals surface area contributed by atoms with Crippen molar-refractivity contribution in [3.63, 3.8) is 0 Å². The van der Waals surface area contributed by atoms with Gasteiger partial charge >= 0.3 is 0 Å². The van der Waals surface area contributed by atoms with Crippen LogP contribution in [0.4, 0.5) is 0 Å². The molecule has 2 aromatic rings. The Morgan fingerprint density at radius 2 is 2.20 bits per heavy atom. The number of carbonyl (C=O) groups is 1. The predicted octanol–water partition coefficient (Wildman–Crippen LogP) is 2.02. The normalized spacial score (nSPS) is 12.4. The molecule has 0 N–H and O–H groups in total. The van der Waals surface area contributed by atoms with E-state index in [1.807, 2.05) is 17.8 Å². The number of aromatic nitrogens is 2. The molecule has 3 rings (SSSR count). The van der Waals surface area contributed by atoms with Gasteiger partial charge in [0.05, 0.1) is 11.8 Å². The first-order valence-electron chi connectivity index (χ1n) is 6.33. The van der Waals surface area contributed by atoms with Gasteiger partial charge in [-0.25, -0.2) is 0 Å². The first-order valence-corrected chi connectivity index (χ1v) is 6.33. The number of fused-ring (bicyclic) bond motifs is 1. The van der Waals surface area contributed by atoms with Crippen LogP contribution in [-0.2, 0) is 13.2 Å². The number of aldehydes is 1. The highest BCUT2D eigenvalue weighted by Crippen LogP contribution is 2.37. The zero-order chi connectivity index (χ0) is 13.9. The van der Waals surface area contributed by atoms with Crippen molar-refractivity contribution >= 4 is 6.29 Å². The van der Waals surface area contributed by atoms with E-state index in [4.69, 9.17) is 14.2 Å². The summed E-state index contributed by atoms with van der Waals surface area (Å²) < 4.78 is 18.0. The van der Waals surface area contributed by atoms with Gasteiger partial charge in [0.15, 0.2) is 17.8 Å². The summed E-state index contributed by atoms with van der Waals surface area (Å²) in [7, 11) is 0. The summed E-state index contributed by atoms with van der Waals surface area (Å²) in [6, 6.07) is 3.30. The van der Waals surface area contributed by atoms with Gasteiger partial charge in [-0.3, -0.25) is 9.48 Å². The molecule has 6 nitrogen and oxygen atoms in total. The van der Waals surface area contributed by atoms with Gasteiger partial charge in [-0.15, -0.1) is 0 Å². The lowest BCUT2D eigenvalue weighted by Crippen LogP contribution is -1.98. The number of nitrogens with zero attached hydrogens (tertiary/aromatic N) is 2. The van der Waals surface area contributed by atoms with Gasteiger partial charge in [-0.05, 0) is 13.0 Å². The van der Waals surface area contributed by atoms with Crippen LogP contribution < -0.4 is 14.2 Å². The Bertz CT molecular complexity index is 636. The second-order valence-electron chi connectivity index (χ2n) is 4.35. The van der Waals surface area contributed by atoms with E-state index in [1.165, 1.54) is 0 Å². The molecule has 0 unspecified atom stereocenters. The van der Waals surface area contributed by atoms with E-state index in [1.54, 1.807) is 18.3 Å². The van der Waals surface area contributed by atoms with Crippen molar-refractivity contribution < 1.29 is 19.0 Å². The molecule has 1 aliphatic heterocycles. The molecule has 0 fully saturated rings. The number of benzene rings is 1. The second kappa shape index (κ2) is 5.24. The first kappa shape index (κ1) is 12.5. The third-order valence-electron chi connectivity index (χ3n) is 3.04. The smallest absolute Gasteiger partial charge is 0.231 e. The summed E-state index contributed by atoms with van der Waals surface area (Å²) in [5.41, 5.74) is 1.39. The highest BCUT2D eigenvalue weighted by molar-refractivity contribution is 5.81. The molecule has 0 spiro atoms. The van der Waals surface area contributed by atoms with Gasteiger partial charge in [0, 0.05) is 24.4 Å². The number of hydrogen-bond acceptors (Lipinski definition) is 5. The highest BCUT2D eigenvalue weighted by atomic mass is 16.7. The number of ether oxygens (including phenoxy) is 3. The van der Waals surface area contributed by atoms with Gasteiger partial charge in [-0.1, -0.05) is 0 Å². The van der Waals surface area contributed by atoms with E-state index in [0.717, 1.165) is 18.4 Å². The van der Waals surface area contributed by atoms with Crippen LogP contribution in [0.25, 0.3) is 0 Å². The zero-order valence-electron chi connectivity index (χ0n) is 11.0. The van der Waals surface area contributed by atoms with Gasteiger partial charge in [0.2, 0.25) is 6.79 Å². The number of aryl methyl sites for hydroxylation is 1. The molecule has 0 saturated heterocycles. The van der Waals surface area contributed by atoms with E-state index >= 15 is 0 Å². The summed E-state index contributed by atoms with van der Waals surface area (Å²) in [6.07, 6.45) is 4.40. The molecule has 1 aromatic carbocycles. The van der Waals surface area contributed by atoms with E-state index in [9.17, 15) is 4.79 Å². The maximum atomic E-state index is 11.1. The summed E-state index contributed by atoms with van der Waals surface area (Å²) in [4.78, 5) is 11.1. The number of hydrogen-bond donors (Lipinski definition) is 0. The Balaban J connectivity index is 1.78. The Kier molecular flexibility index (Phi) is 3.28. The molecule has 20 heavy (non-hydrogen) atoms. The van der Waals surface area contributed by atoms with Crippen LogP contribution in [-0.4, -0.2) is 22.9 Å². The van der Waals surface area contributed by atoms with Gasteiger partial charge < -0.3 is 14.2 Å². The quantitative estimate of drug-likeness (QED) is 0.781. The van der Waals surface area contributed by atoms with Gasteiger partial charge in [-0.2, -0.15) is 5.10 Å². The van der Waals surface area contributed by atoms with E-state index < -0.39 is 0 Å². The largest absolute Gasteiger partial charge is 0.488 e. The molecule has 0 amide bonds. The molecule has 6 heteroatoms. The topological polar surface area (TPSA) is 62.6 Å². The molecule has 0 radical (unpaired) electrons. The van der Waals surface area contributed by atoms with E-state index in [-0.39, 0.29) is 6.79 Å². The monoisotopic (exact) mass is 274 g/mol. The molecule has 0 atom stereocenters. The molecule has 0 bridgehead atoms. The maximum absolute atomic E-state index is 11.1. The fourth-order valence-corrected chi connectivity index (χ4v) is 1.97. The SMILES string of the molecule is CCn1cc(COc2cc3c(cc2C=O)OCO3)cn1. The predicted molar refractivity (Wildman–Crippen MR) is 70.2 cm³/mol. The standard InChI is InChI=1S/C14H14N2O4/c1-2-16-6-10(5-15-16)8-18-12-4-14-13(19-9-20-14)3-11(12)7-17/h3-7H,2,8-9H2,1H3. The average molecular weight is 274 g/mol. The summed E-state index contributed by atoms with van der Waals surface area (Å²) >= 11 is 0. The van der Waals surface area contributed by atoms with Gasteiger partial charge in [0.25, 0.3) is 0 Å². The van der Waals surface area contributed by atoms with Gasteiger partial charge in [0.1, 0.15) is 12.4 Å². The number of carbonyl (C=O) groups excluding carboxylic acids is 1. The third-order valence-corrected chi connectivity index (χ3v) is 3.04. The van der Waals surface area contributed by atoms with Crippen molar-refractivity contribution in [1.82, 2.24) is 9.78 Å². The second-order valence-corrected chi connectivity index (χ2v) is 4.35. The van der Waals surface area contributed by atoms with Crippen molar-refractivity contribution in [3.05, 3.63) is 35.7 Å². The van der Waals surface area contributed by atoms with E-state index in [2.05, 4.69) is 5.10 Å². The van der Waals surface area contributed by atoms with Crippen LogP contribution >= 0.6 is 0 Å². The van der Waals surface area contributed by atoms with Crippen LogP contribution in [0.5, 0.6) is 17.2 Å². The molecule has 1 aromatic heterocycles. The van der Waals surface area contributed by atoms with Crippen LogP contribution in [0.3, 0.4) is 0 Å². The first-order chi connectivity index (χ1) is 9.80. The lowest BCUT2D eigenvalue weighted by atomic mass is 10.2. The van der Waals surface area contributed by atoms with Crippen LogP contribution in [0.1, 0.15) is 22.8 Å². The summed E-state index contributed by atoms with van der Waals surface area (Å²) in [5.74, 6) is 1.64. The Morgan fingerprint density at radius 3 is 2.90 bits per heavy atom. The minimum atomic E-state index is 0.167. The Hall–Kier alpha value is -2.50. The molecular weight excluding hydrogens is 260 g/mol. The van der Waals surface area contributed by atoms with Crippen molar-refractivity contribution in [1.29, 1.82) is 0 Å². The van der Waals surface area contributed by atoms with Crippen molar-refractivity contribution in [3.8, 4) is 17.2 Å². The fourth-order valence-electron chi connectivity index (χ4n) is 1.97. The summed E-state index contributed by atoms with van der Waals surface area (Å²) in [6.45, 7) is 3.34. The molecule has 104 valence electrons. The minimum Gasteiger partial charge on any atom is -0.488 e. The molecular formula is C14H14N2O4. The highest BCUT2D eigenvalue weighted by Gasteiger charge is 2.18. The molecule has 0 aliphatic carbocycles. The summed E-state index contributed by atoms with van der Waals surface area (Å²) in [5, 5.41) is 4.17. The van der Waals surface area contributed by atoms with Crippen LogP contribution in [0.15, 0.2) is 24.5 Å². The average Bonchev–Trinajstić information content (AvgIpc) is 3.12. The lowest BCUT2D eigenvalue weighted by molar-refractivity contribution is 0.111. The Labute approximate surface area is 115 Å². The third kappa shape index (κ3) is 2.32. The minimum absolute atomic E-state index is 0.167. The van der Waals surface area contributed by atoms with Crippen molar-refractivity contribution in [2.45, 2.75) is 20.1 Å². The Morgan fingerprint density at radius 1 is 1.40 bits per heavy atom. The van der Waals surface area contributed by atoms with Crippen LogP contribution in [0, 0.1) is 0 Å². The molecule has 2 heterocycles. The number of rotatable bonds is 5. The zero-order valence-corrected chi connectivity index (χ0v) is 11.0. The molecule has 0 saturated carbocycles. The van der Waals surface area contributed by atoms with Crippen LogP contribution in [0.2, 0.25) is 0 Å². The fraction of sp³-hybridized carbons (Fsp3) is 0.286. The van der Waals surface area contributed by atoms with Crippen molar-refractivity contribution in [2.24, 2.45) is 0 Å². The van der Waals surface area contributed by atoms with E-state index in [0.29, 0.717) is 29.4 Å². The maximum Gasteiger partial charge on any atom is 0.231 e. The van der Waals surface area contributed by atoms with Crippen molar-refractivity contribution in [2.75, 3.05) is 6.79 Å². The molecule has 1 aliphatic rings. The lowest BCUT2D eigenvalue weighted by Gasteiger charge is -2.08.